The fourth-order valence-corrected chi connectivity index (χ4v) is 1.41. The van der Waals surface area contributed by atoms with Crippen molar-refractivity contribution in [3.63, 3.8) is 0 Å². The van der Waals surface area contributed by atoms with E-state index in [1.807, 2.05) is 13.8 Å². The van der Waals surface area contributed by atoms with E-state index >= 15 is 0 Å². The molecule has 0 spiro atoms. The van der Waals surface area contributed by atoms with Crippen molar-refractivity contribution < 1.29 is 4.57 Å². The fourth-order valence-electron chi connectivity index (χ4n) is 1.05. The van der Waals surface area contributed by atoms with Crippen LogP contribution in [0.3, 0.4) is 0 Å². The summed E-state index contributed by atoms with van der Waals surface area (Å²) in [7, 11) is -2.18. The van der Waals surface area contributed by atoms with Crippen molar-refractivity contribution in [1.29, 1.82) is 0 Å². The molecule has 0 saturated heterocycles. The van der Waals surface area contributed by atoms with Crippen molar-refractivity contribution in [2.45, 2.75) is 19.9 Å². The van der Waals surface area contributed by atoms with Crippen LogP contribution in [0.4, 0.5) is 17.8 Å². The third-order valence-electron chi connectivity index (χ3n) is 1.92. The van der Waals surface area contributed by atoms with Gasteiger partial charge in [0, 0.05) is 18.0 Å². The van der Waals surface area contributed by atoms with Gasteiger partial charge < -0.3 is 5.32 Å². The third kappa shape index (κ3) is 4.34. The molecular weight excluding hydrogens is 271 g/mol. The Bertz CT molecular complexity index is 547. The van der Waals surface area contributed by atoms with Crippen LogP contribution in [0.5, 0.6) is 0 Å². The molecule has 0 amide bonds. The van der Waals surface area contributed by atoms with Crippen molar-refractivity contribution in [1.82, 2.24) is 15.0 Å². The molecule has 1 aromatic heterocycles. The zero-order valence-electron chi connectivity index (χ0n) is 10.7. The molecule has 0 fully saturated rings. The Hall–Kier alpha value is -1.93. The molecule has 1 rings (SSSR count). The van der Waals surface area contributed by atoms with E-state index in [0.29, 0.717) is 0 Å². The van der Waals surface area contributed by atoms with Crippen LogP contribution in [0.1, 0.15) is 13.8 Å². The molecule has 0 aliphatic heterocycles. The Labute approximate surface area is 109 Å². The van der Waals surface area contributed by atoms with Crippen molar-refractivity contribution in [3.05, 3.63) is 10.4 Å². The molecule has 0 saturated carbocycles. The molecule has 19 heavy (non-hydrogen) atoms. The van der Waals surface area contributed by atoms with E-state index in [-0.39, 0.29) is 23.9 Å². The average molecular weight is 286 g/mol. The monoisotopic (exact) mass is 286 g/mol. The highest BCUT2D eigenvalue weighted by Crippen LogP contribution is 2.33. The predicted molar refractivity (Wildman–Crippen MR) is 71.8 cm³/mol. The standard InChI is InChI=1S/C7H15N10OP/c1-4(2)11-5-12-6(15-16-8)14-7(13-5)17(3)19(9,10)18/h4H,1-3H3,(H4,9,10,18)(H,11,12,13,14). The Balaban J connectivity index is 3.27. The second-order valence-electron chi connectivity index (χ2n) is 3.94. The lowest BCUT2D eigenvalue weighted by atomic mass is 10.4. The highest BCUT2D eigenvalue weighted by Gasteiger charge is 2.21. The maximum absolute atomic E-state index is 11.6. The molecule has 1 aromatic rings. The van der Waals surface area contributed by atoms with Gasteiger partial charge in [0.25, 0.3) is 0 Å². The van der Waals surface area contributed by atoms with Crippen molar-refractivity contribution in [2.75, 3.05) is 17.0 Å². The zero-order chi connectivity index (χ0) is 14.6. The summed E-state index contributed by atoms with van der Waals surface area (Å²) in [6, 6.07) is 0.0435. The molecule has 0 atom stereocenters. The minimum Gasteiger partial charge on any atom is -0.352 e. The second-order valence-corrected chi connectivity index (χ2v) is 5.89. The van der Waals surface area contributed by atoms with Gasteiger partial charge in [0.1, 0.15) is 0 Å². The van der Waals surface area contributed by atoms with Crippen molar-refractivity contribution in [3.8, 4) is 0 Å². The van der Waals surface area contributed by atoms with Crippen molar-refractivity contribution in [2.24, 2.45) is 16.1 Å². The smallest absolute Gasteiger partial charge is 0.302 e. The largest absolute Gasteiger partial charge is 0.352 e. The Morgan fingerprint density at radius 3 is 2.53 bits per heavy atom. The lowest BCUT2D eigenvalue weighted by Gasteiger charge is -2.21. The van der Waals surface area contributed by atoms with Gasteiger partial charge in [-0.25, -0.2) is 0 Å². The summed E-state index contributed by atoms with van der Waals surface area (Å²) in [6.45, 7) is 3.74. The van der Waals surface area contributed by atoms with Crippen LogP contribution in [0.25, 0.3) is 10.4 Å². The van der Waals surface area contributed by atoms with E-state index < -0.39 is 7.59 Å². The molecule has 0 bridgehead atoms. The summed E-state index contributed by atoms with van der Waals surface area (Å²) in [4.78, 5) is 14.3. The summed E-state index contributed by atoms with van der Waals surface area (Å²) in [5.74, 6) is -0.0486. The van der Waals surface area contributed by atoms with Gasteiger partial charge in [0.05, 0.1) is 0 Å². The highest BCUT2D eigenvalue weighted by molar-refractivity contribution is 7.60. The molecule has 0 unspecified atom stereocenters. The van der Waals surface area contributed by atoms with Crippen LogP contribution in [0, 0.1) is 0 Å². The first kappa shape index (κ1) is 15.1. The molecule has 0 aromatic carbocycles. The van der Waals surface area contributed by atoms with Gasteiger partial charge in [-0.2, -0.15) is 15.0 Å². The number of nitrogens with zero attached hydrogens (tertiary/aromatic N) is 7. The maximum Gasteiger partial charge on any atom is 0.302 e. The van der Waals surface area contributed by atoms with E-state index in [1.54, 1.807) is 0 Å². The second kappa shape index (κ2) is 5.81. The van der Waals surface area contributed by atoms with Gasteiger partial charge in [-0.3, -0.25) is 20.2 Å². The highest BCUT2D eigenvalue weighted by atomic mass is 31.2. The lowest BCUT2D eigenvalue weighted by Crippen LogP contribution is -2.27. The van der Waals surface area contributed by atoms with Crippen molar-refractivity contribution >= 4 is 25.4 Å². The number of hydrogen-bond acceptors (Lipinski definition) is 6. The van der Waals surface area contributed by atoms with E-state index in [1.165, 1.54) is 7.05 Å². The van der Waals surface area contributed by atoms with E-state index in [9.17, 15) is 4.57 Å². The van der Waals surface area contributed by atoms with E-state index in [0.717, 1.165) is 4.67 Å². The maximum atomic E-state index is 11.6. The van der Waals surface area contributed by atoms with Crippen LogP contribution >= 0.6 is 7.59 Å². The summed E-state index contributed by atoms with van der Waals surface area (Å²) in [5.41, 5.74) is 19.0. The number of nitrogens with two attached hydrogens (primary N) is 2. The van der Waals surface area contributed by atoms with Gasteiger partial charge in [-0.1, -0.05) is 0 Å². The fraction of sp³-hybridized carbons (Fsp3) is 0.571. The summed E-state index contributed by atoms with van der Waals surface area (Å²) in [5, 5.41) is 6.19. The third-order valence-corrected chi connectivity index (χ3v) is 3.04. The minimum absolute atomic E-state index is 0.0435. The van der Waals surface area contributed by atoms with Gasteiger partial charge in [0.15, 0.2) is 0 Å². The topological polar surface area (TPSA) is 172 Å². The number of anilines is 2. The summed E-state index contributed by atoms with van der Waals surface area (Å²) in [6.07, 6.45) is 0. The summed E-state index contributed by atoms with van der Waals surface area (Å²) >= 11 is 0. The molecule has 12 heteroatoms. The van der Waals surface area contributed by atoms with Crippen LogP contribution < -0.4 is 21.0 Å². The Kier molecular flexibility index (Phi) is 4.62. The van der Waals surface area contributed by atoms with Gasteiger partial charge in [-0.15, -0.1) is 0 Å². The van der Waals surface area contributed by atoms with Crippen LogP contribution in [-0.2, 0) is 4.57 Å². The first-order valence-corrected chi connectivity index (χ1v) is 7.03. The Morgan fingerprint density at radius 1 is 1.42 bits per heavy atom. The molecule has 0 radical (unpaired) electrons. The zero-order valence-corrected chi connectivity index (χ0v) is 11.6. The first-order chi connectivity index (χ1) is 8.74. The van der Waals surface area contributed by atoms with Gasteiger partial charge in [0.2, 0.25) is 17.8 Å². The Morgan fingerprint density at radius 2 is 2.05 bits per heavy atom. The van der Waals surface area contributed by atoms with E-state index in [4.69, 9.17) is 16.5 Å². The molecule has 0 aliphatic carbocycles. The number of rotatable bonds is 5. The van der Waals surface area contributed by atoms with Gasteiger partial charge in [-0.05, 0) is 24.5 Å². The summed E-state index contributed by atoms with van der Waals surface area (Å²) < 4.78 is 12.6. The first-order valence-electron chi connectivity index (χ1n) is 5.23. The molecular formula is C7H15N10OP. The SMILES string of the molecule is CC(C)Nc1nc(N=[N+]=[N-])nc(N(C)P(N)(N)=O)n1. The normalized spacial score (nSPS) is 11.1. The molecule has 0 aliphatic rings. The van der Waals surface area contributed by atoms with Crippen LogP contribution in [0.2, 0.25) is 0 Å². The van der Waals surface area contributed by atoms with Crippen LogP contribution in [0.15, 0.2) is 5.11 Å². The minimum atomic E-state index is -3.55. The number of azide groups is 1. The molecule has 104 valence electrons. The predicted octanol–water partition coefficient (Wildman–Crippen LogP) is 1.10. The van der Waals surface area contributed by atoms with E-state index in [2.05, 4.69) is 30.3 Å². The van der Waals surface area contributed by atoms with Crippen LogP contribution in [-0.4, -0.2) is 28.0 Å². The van der Waals surface area contributed by atoms with Gasteiger partial charge >= 0.3 is 7.59 Å². The average Bonchev–Trinajstić information content (AvgIpc) is 2.25. The molecule has 5 N–H and O–H groups in total. The number of aromatic nitrogens is 3. The quantitative estimate of drug-likeness (QED) is 0.312. The lowest BCUT2D eigenvalue weighted by molar-refractivity contribution is 0.574. The molecule has 1 heterocycles. The molecule has 11 nitrogen and oxygen atoms in total. The number of hydrogen-bond donors (Lipinski definition) is 3. The number of nitrogens with one attached hydrogen (secondary N) is 1.